The van der Waals surface area contributed by atoms with E-state index < -0.39 is 6.67 Å². The van der Waals surface area contributed by atoms with E-state index in [-0.39, 0.29) is 10.8 Å². The molecule has 4 rings (SSSR count). The van der Waals surface area contributed by atoms with Crippen molar-refractivity contribution in [2.45, 2.75) is 20.0 Å². The summed E-state index contributed by atoms with van der Waals surface area (Å²) >= 11 is 6.33. The predicted octanol–water partition coefficient (Wildman–Crippen LogP) is 4.83. The van der Waals surface area contributed by atoms with Gasteiger partial charge in [-0.15, -0.1) is 0 Å². The van der Waals surface area contributed by atoms with Gasteiger partial charge in [0.05, 0.1) is 11.0 Å². The smallest absolute Gasteiger partial charge is 0.239 e. The second-order valence-electron chi connectivity index (χ2n) is 6.23. The monoisotopic (exact) mass is 396 g/mol. The predicted molar refractivity (Wildman–Crippen MR) is 110 cm³/mol. The van der Waals surface area contributed by atoms with E-state index in [2.05, 4.69) is 20.3 Å². The van der Waals surface area contributed by atoms with Crippen molar-refractivity contribution in [2.24, 2.45) is 0 Å². The van der Waals surface area contributed by atoms with Crippen LogP contribution in [0.2, 0.25) is 5.02 Å². The van der Waals surface area contributed by atoms with Crippen molar-refractivity contribution in [1.82, 2.24) is 19.5 Å². The lowest BCUT2D eigenvalue weighted by atomic mass is 10.2. The Kier molecular flexibility index (Phi) is 4.83. The molecule has 2 aromatic carbocycles. The SMILES string of the molecule is CCc1nc2ccccc2n1-c1nc(N)c(Cl)c(Nc2ccc(CF)cc2)n1. The number of benzene rings is 2. The summed E-state index contributed by atoms with van der Waals surface area (Å²) in [5, 5.41) is 3.36. The minimum Gasteiger partial charge on any atom is -0.382 e. The molecule has 8 heteroatoms. The summed E-state index contributed by atoms with van der Waals surface area (Å²) in [6.07, 6.45) is 0.702. The zero-order valence-corrected chi connectivity index (χ0v) is 15.9. The molecule has 0 fully saturated rings. The van der Waals surface area contributed by atoms with Crippen molar-refractivity contribution in [3.8, 4) is 5.95 Å². The van der Waals surface area contributed by atoms with Gasteiger partial charge >= 0.3 is 0 Å². The van der Waals surface area contributed by atoms with E-state index in [9.17, 15) is 4.39 Å². The van der Waals surface area contributed by atoms with E-state index in [0.29, 0.717) is 29.4 Å². The molecule has 2 aromatic heterocycles. The van der Waals surface area contributed by atoms with Gasteiger partial charge in [0.1, 0.15) is 23.3 Å². The number of nitrogens with one attached hydrogen (secondary N) is 1. The van der Waals surface area contributed by atoms with Gasteiger partial charge < -0.3 is 11.1 Å². The van der Waals surface area contributed by atoms with Gasteiger partial charge in [0.2, 0.25) is 5.95 Å². The number of aryl methyl sites for hydroxylation is 1. The third-order valence-corrected chi connectivity index (χ3v) is 4.76. The highest BCUT2D eigenvalue weighted by molar-refractivity contribution is 6.35. The largest absolute Gasteiger partial charge is 0.382 e. The normalized spacial score (nSPS) is 11.1. The lowest BCUT2D eigenvalue weighted by Crippen LogP contribution is -2.10. The number of nitrogen functional groups attached to an aromatic ring is 1. The van der Waals surface area contributed by atoms with Crippen LogP contribution in [0.25, 0.3) is 17.0 Å². The zero-order chi connectivity index (χ0) is 19.7. The first-order chi connectivity index (χ1) is 13.6. The molecule has 6 nitrogen and oxygen atoms in total. The maximum atomic E-state index is 12.7. The van der Waals surface area contributed by atoms with Gasteiger partial charge in [-0.05, 0) is 29.8 Å². The molecule has 0 atom stereocenters. The fraction of sp³-hybridized carbons (Fsp3) is 0.150. The van der Waals surface area contributed by atoms with Gasteiger partial charge in [-0.2, -0.15) is 9.97 Å². The van der Waals surface area contributed by atoms with Crippen molar-refractivity contribution in [2.75, 3.05) is 11.1 Å². The number of aromatic nitrogens is 4. The summed E-state index contributed by atoms with van der Waals surface area (Å²) in [6, 6.07) is 14.7. The molecular weight excluding hydrogens is 379 g/mol. The Bertz CT molecular complexity index is 1140. The molecule has 0 saturated carbocycles. The Balaban J connectivity index is 1.81. The van der Waals surface area contributed by atoms with Crippen LogP contribution in [0.15, 0.2) is 48.5 Å². The fourth-order valence-electron chi connectivity index (χ4n) is 2.99. The number of hydrogen-bond donors (Lipinski definition) is 2. The Labute approximate surface area is 166 Å². The van der Waals surface area contributed by atoms with E-state index in [1.54, 1.807) is 24.3 Å². The van der Waals surface area contributed by atoms with Gasteiger partial charge in [0.15, 0.2) is 5.82 Å². The van der Waals surface area contributed by atoms with Crippen LogP contribution in [0.4, 0.5) is 21.7 Å². The third kappa shape index (κ3) is 3.25. The first-order valence-corrected chi connectivity index (χ1v) is 9.20. The topological polar surface area (TPSA) is 81.7 Å². The first kappa shape index (κ1) is 18.2. The lowest BCUT2D eigenvalue weighted by molar-refractivity contribution is 0.485. The number of imidazole rings is 1. The quantitative estimate of drug-likeness (QED) is 0.505. The molecule has 0 amide bonds. The van der Waals surface area contributed by atoms with Crippen LogP contribution in [0, 0.1) is 0 Å². The molecule has 0 unspecified atom stereocenters. The molecule has 0 bridgehead atoms. The minimum atomic E-state index is -0.515. The van der Waals surface area contributed by atoms with Crippen LogP contribution in [0.5, 0.6) is 0 Å². The molecule has 2 heterocycles. The highest BCUT2D eigenvalue weighted by Crippen LogP contribution is 2.30. The fourth-order valence-corrected chi connectivity index (χ4v) is 3.12. The summed E-state index contributed by atoms with van der Waals surface area (Å²) in [5.74, 6) is 1.74. The average molecular weight is 397 g/mol. The Morgan fingerprint density at radius 1 is 1.07 bits per heavy atom. The third-order valence-electron chi connectivity index (χ3n) is 4.38. The van der Waals surface area contributed by atoms with E-state index in [4.69, 9.17) is 17.3 Å². The highest BCUT2D eigenvalue weighted by atomic mass is 35.5. The van der Waals surface area contributed by atoms with E-state index >= 15 is 0 Å². The number of anilines is 3. The summed E-state index contributed by atoms with van der Waals surface area (Å²) in [4.78, 5) is 13.6. The maximum absolute atomic E-state index is 12.7. The van der Waals surface area contributed by atoms with Gasteiger partial charge in [0.25, 0.3) is 0 Å². The highest BCUT2D eigenvalue weighted by Gasteiger charge is 2.17. The molecule has 0 aliphatic heterocycles. The molecule has 28 heavy (non-hydrogen) atoms. The number of fused-ring (bicyclic) bond motifs is 1. The molecule has 142 valence electrons. The molecule has 0 spiro atoms. The summed E-state index contributed by atoms with van der Waals surface area (Å²) in [7, 11) is 0. The number of nitrogens with zero attached hydrogens (tertiary/aromatic N) is 4. The van der Waals surface area contributed by atoms with Gasteiger partial charge in [-0.1, -0.05) is 42.8 Å². The molecule has 3 N–H and O–H groups in total. The van der Waals surface area contributed by atoms with Crippen LogP contribution < -0.4 is 11.1 Å². The minimum absolute atomic E-state index is 0.161. The number of hydrogen-bond acceptors (Lipinski definition) is 5. The second-order valence-corrected chi connectivity index (χ2v) is 6.61. The van der Waals surface area contributed by atoms with Crippen LogP contribution in [-0.4, -0.2) is 19.5 Å². The first-order valence-electron chi connectivity index (χ1n) is 8.82. The molecule has 0 aliphatic carbocycles. The van der Waals surface area contributed by atoms with Crippen LogP contribution in [0.1, 0.15) is 18.3 Å². The summed E-state index contributed by atoms with van der Waals surface area (Å²) in [6.45, 7) is 1.50. The Hall–Kier alpha value is -3.19. The van der Waals surface area contributed by atoms with Gasteiger partial charge in [0, 0.05) is 12.1 Å². The van der Waals surface area contributed by atoms with Crippen molar-refractivity contribution in [3.05, 3.63) is 64.9 Å². The van der Waals surface area contributed by atoms with Crippen molar-refractivity contribution in [3.63, 3.8) is 0 Å². The van der Waals surface area contributed by atoms with Crippen LogP contribution in [-0.2, 0) is 13.1 Å². The molecule has 0 saturated heterocycles. The van der Waals surface area contributed by atoms with Crippen LogP contribution in [0.3, 0.4) is 0 Å². The van der Waals surface area contributed by atoms with Crippen molar-refractivity contribution >= 4 is 40.0 Å². The molecular formula is C20H18ClFN6. The second kappa shape index (κ2) is 7.44. The lowest BCUT2D eigenvalue weighted by Gasteiger charge is -2.13. The maximum Gasteiger partial charge on any atom is 0.239 e. The molecule has 4 aromatic rings. The Morgan fingerprint density at radius 3 is 2.54 bits per heavy atom. The average Bonchev–Trinajstić information content (AvgIpc) is 3.10. The molecule has 0 aliphatic rings. The Morgan fingerprint density at radius 2 is 1.82 bits per heavy atom. The molecule has 0 radical (unpaired) electrons. The van der Waals surface area contributed by atoms with E-state index in [0.717, 1.165) is 16.9 Å². The summed E-state index contributed by atoms with van der Waals surface area (Å²) in [5.41, 5.74) is 9.11. The van der Waals surface area contributed by atoms with Crippen LogP contribution >= 0.6 is 11.6 Å². The number of halogens is 2. The number of nitrogens with two attached hydrogens (primary N) is 1. The van der Waals surface area contributed by atoms with Gasteiger partial charge in [-0.25, -0.2) is 9.37 Å². The van der Waals surface area contributed by atoms with Gasteiger partial charge in [-0.3, -0.25) is 4.57 Å². The van der Waals surface area contributed by atoms with E-state index in [1.807, 2.05) is 35.8 Å². The van der Waals surface area contributed by atoms with Crippen molar-refractivity contribution in [1.29, 1.82) is 0 Å². The summed E-state index contributed by atoms with van der Waals surface area (Å²) < 4.78 is 14.6. The standard InChI is InChI=1S/C20H18ClFN6/c1-2-16-25-14-5-3-4-6-15(14)28(16)20-26-18(23)17(21)19(27-20)24-13-9-7-12(11-22)8-10-13/h3-10H,2,11H2,1H3,(H3,23,24,26,27). The zero-order valence-electron chi connectivity index (χ0n) is 15.2. The van der Waals surface area contributed by atoms with E-state index in [1.165, 1.54) is 0 Å². The van der Waals surface area contributed by atoms with Crippen molar-refractivity contribution < 1.29 is 4.39 Å². The number of para-hydroxylation sites is 2. The number of alkyl halides is 1. The number of rotatable bonds is 5.